The van der Waals surface area contributed by atoms with Crippen LogP contribution in [0, 0.1) is 5.92 Å². The predicted molar refractivity (Wildman–Crippen MR) is 71.3 cm³/mol. The van der Waals surface area contributed by atoms with E-state index in [9.17, 15) is 0 Å². The molecule has 1 aliphatic rings. The molecule has 1 fully saturated rings. The minimum absolute atomic E-state index is 0.316. The van der Waals surface area contributed by atoms with Crippen LogP contribution in [-0.2, 0) is 0 Å². The van der Waals surface area contributed by atoms with E-state index in [0.717, 1.165) is 5.92 Å². The normalized spacial score (nSPS) is 26.8. The Bertz CT molecular complexity index is 245. The largest absolute Gasteiger partial charge is 0.409 e. The lowest BCUT2D eigenvalue weighted by Gasteiger charge is -2.38. The van der Waals surface area contributed by atoms with Gasteiger partial charge in [-0.05, 0) is 45.4 Å². The molecule has 100 valence electrons. The molecule has 0 bridgehead atoms. The van der Waals surface area contributed by atoms with Crippen molar-refractivity contribution in [2.45, 2.75) is 65.0 Å². The second kappa shape index (κ2) is 6.84. The molecule has 1 saturated carbocycles. The zero-order valence-corrected chi connectivity index (χ0v) is 11.4. The molecular weight excluding hydrogens is 214 g/mol. The molecule has 0 heterocycles. The van der Waals surface area contributed by atoms with Crippen molar-refractivity contribution >= 4 is 5.84 Å². The lowest BCUT2D eigenvalue weighted by atomic mass is 9.83. The van der Waals surface area contributed by atoms with Gasteiger partial charge in [-0.15, -0.1) is 0 Å². The van der Waals surface area contributed by atoms with E-state index in [1.165, 1.54) is 32.1 Å². The van der Waals surface area contributed by atoms with E-state index in [1.54, 1.807) is 0 Å². The van der Waals surface area contributed by atoms with Gasteiger partial charge in [0.1, 0.15) is 0 Å². The molecule has 0 aliphatic heterocycles. The van der Waals surface area contributed by atoms with Gasteiger partial charge in [0.25, 0.3) is 0 Å². The minimum atomic E-state index is 0.316. The summed E-state index contributed by atoms with van der Waals surface area (Å²) in [4.78, 5) is 2.36. The minimum Gasteiger partial charge on any atom is -0.409 e. The SMILES string of the molecule is CCC1CCC(N(CC(N)=NO)C(C)C)CC1. The van der Waals surface area contributed by atoms with Gasteiger partial charge in [-0.25, -0.2) is 0 Å². The first-order chi connectivity index (χ1) is 8.08. The smallest absolute Gasteiger partial charge is 0.153 e. The van der Waals surface area contributed by atoms with E-state index in [1.807, 2.05) is 0 Å². The molecule has 0 aromatic heterocycles. The second-order valence-corrected chi connectivity index (χ2v) is 5.44. The number of rotatable bonds is 5. The van der Waals surface area contributed by atoms with Crippen LogP contribution in [0.25, 0.3) is 0 Å². The molecule has 0 unspecified atom stereocenters. The first kappa shape index (κ1) is 14.3. The number of nitrogens with zero attached hydrogens (tertiary/aromatic N) is 2. The van der Waals surface area contributed by atoms with Crippen LogP contribution in [0.15, 0.2) is 5.16 Å². The van der Waals surface area contributed by atoms with Crippen molar-refractivity contribution in [1.29, 1.82) is 0 Å². The van der Waals surface area contributed by atoms with Crippen LogP contribution in [0.4, 0.5) is 0 Å². The zero-order chi connectivity index (χ0) is 12.8. The van der Waals surface area contributed by atoms with Gasteiger partial charge in [0.15, 0.2) is 5.84 Å². The van der Waals surface area contributed by atoms with Gasteiger partial charge in [-0.3, -0.25) is 4.90 Å². The van der Waals surface area contributed by atoms with Gasteiger partial charge < -0.3 is 10.9 Å². The van der Waals surface area contributed by atoms with Crippen LogP contribution in [-0.4, -0.2) is 34.6 Å². The van der Waals surface area contributed by atoms with Gasteiger partial charge in [-0.1, -0.05) is 18.5 Å². The van der Waals surface area contributed by atoms with Crippen LogP contribution >= 0.6 is 0 Å². The molecular formula is C13H27N3O. The molecule has 0 spiro atoms. The van der Waals surface area contributed by atoms with E-state index < -0.39 is 0 Å². The third kappa shape index (κ3) is 4.19. The average molecular weight is 241 g/mol. The Morgan fingerprint density at radius 1 is 1.35 bits per heavy atom. The highest BCUT2D eigenvalue weighted by Gasteiger charge is 2.27. The molecule has 1 aliphatic carbocycles. The van der Waals surface area contributed by atoms with Crippen LogP contribution in [0.3, 0.4) is 0 Å². The van der Waals surface area contributed by atoms with Gasteiger partial charge >= 0.3 is 0 Å². The highest BCUT2D eigenvalue weighted by atomic mass is 16.4. The van der Waals surface area contributed by atoms with Gasteiger partial charge in [0.05, 0.1) is 6.54 Å². The number of oxime groups is 1. The summed E-state index contributed by atoms with van der Waals surface area (Å²) in [6.45, 7) is 7.21. The summed E-state index contributed by atoms with van der Waals surface area (Å²) in [7, 11) is 0. The molecule has 0 aromatic rings. The van der Waals surface area contributed by atoms with Crippen molar-refractivity contribution in [2.75, 3.05) is 6.54 Å². The third-order valence-corrected chi connectivity index (χ3v) is 4.00. The van der Waals surface area contributed by atoms with Gasteiger partial charge in [-0.2, -0.15) is 0 Å². The van der Waals surface area contributed by atoms with Crippen molar-refractivity contribution in [3.63, 3.8) is 0 Å². The Hall–Kier alpha value is -0.770. The number of hydrogen-bond donors (Lipinski definition) is 2. The van der Waals surface area contributed by atoms with Crippen molar-refractivity contribution < 1.29 is 5.21 Å². The Kier molecular flexibility index (Phi) is 5.75. The summed E-state index contributed by atoms with van der Waals surface area (Å²) >= 11 is 0. The van der Waals surface area contributed by atoms with E-state index in [0.29, 0.717) is 24.5 Å². The first-order valence-corrected chi connectivity index (χ1v) is 6.80. The maximum atomic E-state index is 8.68. The summed E-state index contributed by atoms with van der Waals surface area (Å²) in [5.41, 5.74) is 5.63. The van der Waals surface area contributed by atoms with Crippen molar-refractivity contribution in [3.8, 4) is 0 Å². The Morgan fingerprint density at radius 3 is 2.35 bits per heavy atom. The molecule has 0 aromatic carbocycles. The van der Waals surface area contributed by atoms with E-state index in [2.05, 4.69) is 30.8 Å². The Labute approximate surface area is 105 Å². The molecule has 0 saturated heterocycles. The van der Waals surface area contributed by atoms with E-state index >= 15 is 0 Å². The summed E-state index contributed by atoms with van der Waals surface area (Å²) in [5, 5.41) is 11.8. The second-order valence-electron chi connectivity index (χ2n) is 5.44. The molecule has 0 atom stereocenters. The molecule has 4 heteroatoms. The average Bonchev–Trinajstić information content (AvgIpc) is 2.35. The molecule has 0 amide bonds. The fourth-order valence-electron chi connectivity index (χ4n) is 2.84. The highest BCUT2D eigenvalue weighted by Crippen LogP contribution is 2.30. The fourth-order valence-corrected chi connectivity index (χ4v) is 2.84. The zero-order valence-electron chi connectivity index (χ0n) is 11.4. The first-order valence-electron chi connectivity index (χ1n) is 6.80. The quantitative estimate of drug-likeness (QED) is 0.336. The molecule has 1 rings (SSSR count). The van der Waals surface area contributed by atoms with Crippen LogP contribution in [0.1, 0.15) is 52.9 Å². The number of nitrogens with two attached hydrogens (primary N) is 1. The summed E-state index contributed by atoms with van der Waals surface area (Å²) < 4.78 is 0. The number of hydrogen-bond acceptors (Lipinski definition) is 3. The number of amidine groups is 1. The standard InChI is InChI=1S/C13H27N3O/c1-4-11-5-7-12(8-6-11)16(10(2)3)9-13(14)15-17/h10-12,17H,4-9H2,1-3H3,(H2,14,15). The summed E-state index contributed by atoms with van der Waals surface area (Å²) in [6, 6.07) is 1.04. The lowest BCUT2D eigenvalue weighted by Crippen LogP contribution is -2.46. The van der Waals surface area contributed by atoms with Gasteiger partial charge in [0, 0.05) is 12.1 Å². The molecule has 17 heavy (non-hydrogen) atoms. The van der Waals surface area contributed by atoms with E-state index in [4.69, 9.17) is 10.9 Å². The van der Waals surface area contributed by atoms with Crippen molar-refractivity contribution in [2.24, 2.45) is 16.8 Å². The van der Waals surface area contributed by atoms with E-state index in [-0.39, 0.29) is 0 Å². The van der Waals surface area contributed by atoms with Crippen LogP contribution < -0.4 is 5.73 Å². The predicted octanol–water partition coefficient (Wildman–Crippen LogP) is 2.41. The van der Waals surface area contributed by atoms with Crippen molar-refractivity contribution in [3.05, 3.63) is 0 Å². The van der Waals surface area contributed by atoms with Crippen LogP contribution in [0.2, 0.25) is 0 Å². The summed E-state index contributed by atoms with van der Waals surface area (Å²) in [6.07, 6.45) is 6.43. The van der Waals surface area contributed by atoms with Crippen molar-refractivity contribution in [1.82, 2.24) is 4.90 Å². The third-order valence-electron chi connectivity index (χ3n) is 4.00. The lowest BCUT2D eigenvalue weighted by molar-refractivity contribution is 0.121. The molecule has 0 radical (unpaired) electrons. The monoisotopic (exact) mass is 241 g/mol. The summed E-state index contributed by atoms with van der Waals surface area (Å²) in [5.74, 6) is 1.22. The maximum Gasteiger partial charge on any atom is 0.153 e. The Morgan fingerprint density at radius 2 is 1.94 bits per heavy atom. The molecule has 4 nitrogen and oxygen atoms in total. The topological polar surface area (TPSA) is 61.8 Å². The fraction of sp³-hybridized carbons (Fsp3) is 0.923. The van der Waals surface area contributed by atoms with Gasteiger partial charge in [0.2, 0.25) is 0 Å². The maximum absolute atomic E-state index is 8.68. The highest BCUT2D eigenvalue weighted by molar-refractivity contribution is 5.81. The Balaban J connectivity index is 2.54. The van der Waals surface area contributed by atoms with Crippen LogP contribution in [0.5, 0.6) is 0 Å². The molecule has 3 N–H and O–H groups in total.